The van der Waals surface area contributed by atoms with Crippen molar-refractivity contribution in [2.24, 2.45) is 0 Å². The van der Waals surface area contributed by atoms with Gasteiger partial charge >= 0.3 is 0 Å². The maximum atomic E-state index is 5.14. The van der Waals surface area contributed by atoms with Crippen molar-refractivity contribution < 1.29 is 4.18 Å². The molecule has 1 rings (SSSR count). The Hall–Kier alpha value is -0.260. The SMILES string of the molecule is CSOCc1ccnc(SC)n1. The average molecular weight is 202 g/mol. The van der Waals surface area contributed by atoms with Gasteiger partial charge in [-0.05, 0) is 24.4 Å². The first-order valence-electron chi connectivity index (χ1n) is 3.38. The van der Waals surface area contributed by atoms with E-state index in [0.29, 0.717) is 6.61 Å². The van der Waals surface area contributed by atoms with E-state index in [1.807, 2.05) is 18.6 Å². The van der Waals surface area contributed by atoms with Crippen LogP contribution in [0.5, 0.6) is 0 Å². The highest BCUT2D eigenvalue weighted by molar-refractivity contribution is 7.98. The molecule has 0 radical (unpaired) electrons. The van der Waals surface area contributed by atoms with E-state index in [-0.39, 0.29) is 0 Å². The first kappa shape index (κ1) is 9.83. The summed E-state index contributed by atoms with van der Waals surface area (Å²) in [4.78, 5) is 8.30. The highest BCUT2D eigenvalue weighted by Gasteiger charge is 1.97. The molecular weight excluding hydrogens is 192 g/mol. The fourth-order valence-corrected chi connectivity index (χ4v) is 1.29. The molecule has 0 fully saturated rings. The molecule has 0 N–H and O–H groups in total. The smallest absolute Gasteiger partial charge is 0.187 e. The van der Waals surface area contributed by atoms with Gasteiger partial charge in [0.1, 0.15) is 6.61 Å². The summed E-state index contributed by atoms with van der Waals surface area (Å²) in [5, 5.41) is 0.789. The van der Waals surface area contributed by atoms with Crippen molar-refractivity contribution in [1.82, 2.24) is 9.97 Å². The third kappa shape index (κ3) is 3.00. The largest absolute Gasteiger partial charge is 0.309 e. The summed E-state index contributed by atoms with van der Waals surface area (Å²) >= 11 is 2.87. The molecular formula is C7H10N2OS2. The van der Waals surface area contributed by atoms with E-state index in [9.17, 15) is 0 Å². The Balaban J connectivity index is 2.60. The molecule has 0 aromatic carbocycles. The van der Waals surface area contributed by atoms with Crippen molar-refractivity contribution in [2.75, 3.05) is 12.5 Å². The molecule has 1 aromatic rings. The molecule has 0 spiro atoms. The van der Waals surface area contributed by atoms with Gasteiger partial charge in [0.05, 0.1) is 5.69 Å². The molecule has 5 heteroatoms. The Bertz CT molecular complexity index is 245. The van der Waals surface area contributed by atoms with Gasteiger partial charge in [-0.25, -0.2) is 9.97 Å². The zero-order chi connectivity index (χ0) is 8.81. The normalized spacial score (nSPS) is 10.2. The Morgan fingerprint density at radius 2 is 2.33 bits per heavy atom. The van der Waals surface area contributed by atoms with Crippen LogP contribution in [0.4, 0.5) is 0 Å². The highest BCUT2D eigenvalue weighted by Crippen LogP contribution is 2.09. The van der Waals surface area contributed by atoms with Gasteiger partial charge in [0.15, 0.2) is 5.16 Å². The molecule has 3 nitrogen and oxygen atoms in total. The lowest BCUT2D eigenvalue weighted by Crippen LogP contribution is -1.93. The summed E-state index contributed by atoms with van der Waals surface area (Å²) in [6.45, 7) is 0.539. The third-order valence-electron chi connectivity index (χ3n) is 1.20. The van der Waals surface area contributed by atoms with Crippen LogP contribution in [0.2, 0.25) is 0 Å². The summed E-state index contributed by atoms with van der Waals surface area (Å²) in [6, 6.07) is 1.86. The number of thioether (sulfide) groups is 1. The van der Waals surface area contributed by atoms with E-state index in [0.717, 1.165) is 10.9 Å². The van der Waals surface area contributed by atoms with Gasteiger partial charge in [-0.2, -0.15) is 0 Å². The molecule has 0 saturated heterocycles. The van der Waals surface area contributed by atoms with Gasteiger partial charge in [0.2, 0.25) is 0 Å². The predicted octanol–water partition coefficient (Wildman–Crippen LogP) is 1.99. The van der Waals surface area contributed by atoms with E-state index in [2.05, 4.69) is 9.97 Å². The van der Waals surface area contributed by atoms with Crippen LogP contribution < -0.4 is 0 Å². The zero-order valence-corrected chi connectivity index (χ0v) is 8.61. The van der Waals surface area contributed by atoms with E-state index >= 15 is 0 Å². The summed E-state index contributed by atoms with van der Waals surface area (Å²) in [6.07, 6.45) is 5.59. The lowest BCUT2D eigenvalue weighted by atomic mass is 10.4. The topological polar surface area (TPSA) is 35.0 Å². The first-order chi connectivity index (χ1) is 5.86. The molecule has 66 valence electrons. The van der Waals surface area contributed by atoms with Gasteiger partial charge in [-0.1, -0.05) is 11.8 Å². The van der Waals surface area contributed by atoms with Crippen LogP contribution >= 0.6 is 23.8 Å². The molecule has 0 aliphatic rings. The molecule has 0 atom stereocenters. The number of aromatic nitrogens is 2. The predicted molar refractivity (Wildman–Crippen MR) is 52.1 cm³/mol. The minimum atomic E-state index is 0.539. The van der Waals surface area contributed by atoms with E-state index < -0.39 is 0 Å². The quantitative estimate of drug-likeness (QED) is 0.424. The van der Waals surface area contributed by atoms with Crippen molar-refractivity contribution in [1.29, 1.82) is 0 Å². The van der Waals surface area contributed by atoms with Crippen molar-refractivity contribution >= 4 is 23.8 Å². The molecule has 0 unspecified atom stereocenters. The lowest BCUT2D eigenvalue weighted by molar-refractivity contribution is 0.357. The molecule has 1 aromatic heterocycles. The van der Waals surface area contributed by atoms with E-state index in [1.165, 1.54) is 23.8 Å². The van der Waals surface area contributed by atoms with Crippen LogP contribution in [0, 0.1) is 0 Å². The van der Waals surface area contributed by atoms with Crippen LogP contribution in [0.15, 0.2) is 17.4 Å². The number of rotatable bonds is 4. The first-order valence-corrected chi connectivity index (χ1v) is 5.76. The van der Waals surface area contributed by atoms with Crippen molar-refractivity contribution in [3.63, 3.8) is 0 Å². The minimum absolute atomic E-state index is 0.539. The lowest BCUT2D eigenvalue weighted by Gasteiger charge is -1.99. The standard InChI is InChI=1S/C7H10N2OS2/c1-11-7-8-4-3-6(9-7)5-10-12-2/h3-4H,5H2,1-2H3. The van der Waals surface area contributed by atoms with Crippen LogP contribution in [0.3, 0.4) is 0 Å². The molecule has 0 saturated carbocycles. The van der Waals surface area contributed by atoms with Crippen LogP contribution in [0.25, 0.3) is 0 Å². The fraction of sp³-hybridized carbons (Fsp3) is 0.429. The van der Waals surface area contributed by atoms with Gasteiger partial charge in [-0.3, -0.25) is 0 Å². The summed E-state index contributed by atoms with van der Waals surface area (Å²) in [5.74, 6) is 0. The van der Waals surface area contributed by atoms with Crippen LogP contribution in [-0.2, 0) is 10.8 Å². The summed E-state index contributed by atoms with van der Waals surface area (Å²) in [7, 11) is 0. The Morgan fingerprint density at radius 1 is 1.50 bits per heavy atom. The molecule has 12 heavy (non-hydrogen) atoms. The monoisotopic (exact) mass is 202 g/mol. The third-order valence-corrected chi connectivity index (χ3v) is 2.11. The van der Waals surface area contributed by atoms with Gasteiger partial charge in [0.25, 0.3) is 0 Å². The van der Waals surface area contributed by atoms with Crippen LogP contribution in [-0.4, -0.2) is 22.5 Å². The second kappa shape index (κ2) is 5.40. The maximum absolute atomic E-state index is 5.14. The average Bonchev–Trinajstić information content (AvgIpc) is 2.15. The Kier molecular flexibility index (Phi) is 4.42. The number of hydrogen-bond acceptors (Lipinski definition) is 5. The molecule has 0 aliphatic carbocycles. The molecule has 0 amide bonds. The summed E-state index contributed by atoms with van der Waals surface area (Å²) < 4.78 is 5.14. The molecule has 0 bridgehead atoms. The van der Waals surface area contributed by atoms with Crippen molar-refractivity contribution in [3.8, 4) is 0 Å². The fourth-order valence-electron chi connectivity index (χ4n) is 0.674. The van der Waals surface area contributed by atoms with E-state index in [1.54, 1.807) is 6.20 Å². The maximum Gasteiger partial charge on any atom is 0.187 e. The highest BCUT2D eigenvalue weighted by atomic mass is 32.2. The van der Waals surface area contributed by atoms with Gasteiger partial charge in [-0.15, -0.1) is 0 Å². The Labute approximate surface area is 80.5 Å². The van der Waals surface area contributed by atoms with Gasteiger partial charge < -0.3 is 4.18 Å². The number of hydrogen-bond donors (Lipinski definition) is 0. The summed E-state index contributed by atoms with van der Waals surface area (Å²) in [5.41, 5.74) is 0.920. The molecule has 0 aliphatic heterocycles. The molecule has 1 heterocycles. The number of nitrogens with zero attached hydrogens (tertiary/aromatic N) is 2. The minimum Gasteiger partial charge on any atom is -0.309 e. The van der Waals surface area contributed by atoms with Crippen molar-refractivity contribution in [3.05, 3.63) is 18.0 Å². The Morgan fingerprint density at radius 3 is 3.00 bits per heavy atom. The second-order valence-electron chi connectivity index (χ2n) is 1.96. The van der Waals surface area contributed by atoms with E-state index in [4.69, 9.17) is 4.18 Å². The zero-order valence-electron chi connectivity index (χ0n) is 6.98. The van der Waals surface area contributed by atoms with Crippen LogP contribution in [0.1, 0.15) is 5.69 Å². The second-order valence-corrected chi connectivity index (χ2v) is 3.31. The van der Waals surface area contributed by atoms with Crippen molar-refractivity contribution in [2.45, 2.75) is 11.8 Å². The van der Waals surface area contributed by atoms with Gasteiger partial charge in [0, 0.05) is 12.5 Å².